The number of benzene rings is 3. The van der Waals surface area contributed by atoms with Crippen molar-refractivity contribution in [2.75, 3.05) is 19.7 Å². The molecular formula is C23H24N2O5S. The Morgan fingerprint density at radius 2 is 1.68 bits per heavy atom. The molecule has 0 spiro atoms. The summed E-state index contributed by atoms with van der Waals surface area (Å²) in [5, 5.41) is 4.89. The van der Waals surface area contributed by atoms with E-state index in [-0.39, 0.29) is 29.6 Å². The summed E-state index contributed by atoms with van der Waals surface area (Å²) >= 11 is 0. The first-order valence-corrected chi connectivity index (χ1v) is 11.3. The fourth-order valence-electron chi connectivity index (χ4n) is 2.97. The molecule has 0 atom stereocenters. The summed E-state index contributed by atoms with van der Waals surface area (Å²) < 4.78 is 32.7. The summed E-state index contributed by atoms with van der Waals surface area (Å²) in [6.07, 6.45) is -0.0123. The predicted octanol–water partition coefficient (Wildman–Crippen LogP) is 2.91. The lowest BCUT2D eigenvalue weighted by Gasteiger charge is -2.10. The lowest BCUT2D eigenvalue weighted by molar-refractivity contribution is -0.121. The van der Waals surface area contributed by atoms with Crippen LogP contribution in [0.2, 0.25) is 0 Å². The summed E-state index contributed by atoms with van der Waals surface area (Å²) in [7, 11) is -3.80. The lowest BCUT2D eigenvalue weighted by Crippen LogP contribution is -2.32. The minimum absolute atomic E-state index is 0.00982. The van der Waals surface area contributed by atoms with Crippen LogP contribution in [0.3, 0.4) is 0 Å². The summed E-state index contributed by atoms with van der Waals surface area (Å²) in [4.78, 5) is 23.4. The Kier molecular flexibility index (Phi) is 7.38. The molecule has 162 valence electrons. The van der Waals surface area contributed by atoms with E-state index in [1.807, 2.05) is 42.5 Å². The maximum Gasteiger partial charge on any atom is 0.240 e. The van der Waals surface area contributed by atoms with Gasteiger partial charge in [-0.25, -0.2) is 13.1 Å². The Morgan fingerprint density at radius 1 is 0.903 bits per heavy atom. The van der Waals surface area contributed by atoms with Crippen molar-refractivity contribution in [3.05, 3.63) is 72.3 Å². The molecule has 0 aromatic heterocycles. The van der Waals surface area contributed by atoms with Crippen LogP contribution in [0.5, 0.6) is 5.75 Å². The Morgan fingerprint density at radius 3 is 2.45 bits per heavy atom. The summed E-state index contributed by atoms with van der Waals surface area (Å²) in [6.45, 7) is 1.92. The molecule has 0 fully saturated rings. The first kappa shape index (κ1) is 22.5. The number of carbonyl (C=O) groups is 2. The van der Waals surface area contributed by atoms with Crippen LogP contribution in [0.1, 0.15) is 23.7 Å². The van der Waals surface area contributed by atoms with E-state index in [1.165, 1.54) is 25.1 Å². The molecule has 0 radical (unpaired) electrons. The van der Waals surface area contributed by atoms with Crippen molar-refractivity contribution in [3.8, 4) is 5.75 Å². The Balaban J connectivity index is 1.39. The van der Waals surface area contributed by atoms with Crippen LogP contribution in [-0.2, 0) is 14.8 Å². The van der Waals surface area contributed by atoms with E-state index in [2.05, 4.69) is 10.0 Å². The Bertz CT molecular complexity index is 1190. The highest BCUT2D eigenvalue weighted by molar-refractivity contribution is 7.89. The van der Waals surface area contributed by atoms with Crippen molar-refractivity contribution in [1.82, 2.24) is 10.0 Å². The number of sulfonamides is 1. The van der Waals surface area contributed by atoms with Gasteiger partial charge in [-0.15, -0.1) is 0 Å². The van der Waals surface area contributed by atoms with Crippen molar-refractivity contribution in [2.24, 2.45) is 0 Å². The topological polar surface area (TPSA) is 102 Å². The van der Waals surface area contributed by atoms with Gasteiger partial charge >= 0.3 is 0 Å². The van der Waals surface area contributed by atoms with E-state index < -0.39 is 10.0 Å². The maximum absolute atomic E-state index is 12.3. The van der Waals surface area contributed by atoms with Gasteiger partial charge in [0.05, 0.1) is 11.4 Å². The standard InChI is InChI=1S/C23H24N2O5S/c1-17(26)19-7-4-8-22(16-19)31(28,29)25-12-11-23(27)24-13-14-30-21-10-9-18-5-2-3-6-20(18)15-21/h2-10,15-16,25H,11-14H2,1H3,(H,24,27). The van der Waals surface area contributed by atoms with Gasteiger partial charge in [0.2, 0.25) is 15.9 Å². The SMILES string of the molecule is CC(=O)c1cccc(S(=O)(=O)NCCC(=O)NCCOc2ccc3ccccc3c2)c1. The molecule has 0 saturated carbocycles. The molecule has 2 N–H and O–H groups in total. The molecule has 31 heavy (non-hydrogen) atoms. The smallest absolute Gasteiger partial charge is 0.240 e. The minimum atomic E-state index is -3.80. The number of ether oxygens (including phenoxy) is 1. The van der Waals surface area contributed by atoms with Crippen molar-refractivity contribution < 1.29 is 22.7 Å². The number of hydrogen-bond donors (Lipinski definition) is 2. The van der Waals surface area contributed by atoms with E-state index in [0.717, 1.165) is 10.8 Å². The van der Waals surface area contributed by atoms with E-state index in [1.54, 1.807) is 6.07 Å². The molecule has 3 aromatic carbocycles. The number of Topliss-reactive ketones (excluding diaryl/α,β-unsaturated/α-hetero) is 1. The molecule has 0 aliphatic rings. The maximum atomic E-state index is 12.3. The van der Waals surface area contributed by atoms with Gasteiger partial charge in [0.1, 0.15) is 12.4 Å². The van der Waals surface area contributed by atoms with Crippen LogP contribution in [0.4, 0.5) is 0 Å². The van der Waals surface area contributed by atoms with Crippen molar-refractivity contribution in [3.63, 3.8) is 0 Å². The zero-order valence-corrected chi connectivity index (χ0v) is 17.9. The molecule has 0 heterocycles. The van der Waals surface area contributed by atoms with Gasteiger partial charge in [-0.2, -0.15) is 0 Å². The monoisotopic (exact) mass is 440 g/mol. The van der Waals surface area contributed by atoms with E-state index in [0.29, 0.717) is 24.5 Å². The van der Waals surface area contributed by atoms with Gasteiger partial charge in [0.25, 0.3) is 0 Å². The molecule has 8 heteroatoms. The molecule has 0 bridgehead atoms. The van der Waals surface area contributed by atoms with Gasteiger partial charge in [0, 0.05) is 18.5 Å². The fraction of sp³-hybridized carbons (Fsp3) is 0.217. The number of carbonyl (C=O) groups excluding carboxylic acids is 2. The van der Waals surface area contributed by atoms with Gasteiger partial charge in [-0.3, -0.25) is 9.59 Å². The molecule has 3 aromatic rings. The molecule has 1 amide bonds. The summed E-state index contributed by atoms with van der Waals surface area (Å²) in [6, 6.07) is 19.5. The number of ketones is 1. The van der Waals surface area contributed by atoms with Gasteiger partial charge in [0.15, 0.2) is 5.78 Å². The quantitative estimate of drug-likeness (QED) is 0.373. The highest BCUT2D eigenvalue weighted by Gasteiger charge is 2.15. The second kappa shape index (κ2) is 10.2. The van der Waals surface area contributed by atoms with Gasteiger partial charge < -0.3 is 10.1 Å². The normalized spacial score (nSPS) is 11.3. The third-order valence-electron chi connectivity index (χ3n) is 4.61. The molecular weight excluding hydrogens is 416 g/mol. The molecule has 0 aliphatic carbocycles. The molecule has 0 unspecified atom stereocenters. The number of nitrogens with one attached hydrogen (secondary N) is 2. The zero-order valence-electron chi connectivity index (χ0n) is 17.1. The van der Waals surface area contributed by atoms with Crippen LogP contribution >= 0.6 is 0 Å². The van der Waals surface area contributed by atoms with Crippen molar-refractivity contribution in [1.29, 1.82) is 0 Å². The molecule has 7 nitrogen and oxygen atoms in total. The Hall–Kier alpha value is -3.23. The van der Waals surface area contributed by atoms with E-state index >= 15 is 0 Å². The summed E-state index contributed by atoms with van der Waals surface area (Å²) in [5.41, 5.74) is 0.312. The van der Waals surface area contributed by atoms with Gasteiger partial charge in [-0.05, 0) is 42.0 Å². The molecule has 3 rings (SSSR count). The van der Waals surface area contributed by atoms with Crippen LogP contribution in [-0.4, -0.2) is 39.8 Å². The highest BCUT2D eigenvalue weighted by Crippen LogP contribution is 2.20. The minimum Gasteiger partial charge on any atom is -0.492 e. The predicted molar refractivity (Wildman–Crippen MR) is 119 cm³/mol. The fourth-order valence-corrected chi connectivity index (χ4v) is 4.05. The average molecular weight is 441 g/mol. The molecule has 0 aliphatic heterocycles. The number of fused-ring (bicyclic) bond motifs is 1. The largest absolute Gasteiger partial charge is 0.492 e. The van der Waals surface area contributed by atoms with E-state index in [4.69, 9.17) is 4.74 Å². The lowest BCUT2D eigenvalue weighted by atomic mass is 10.1. The first-order valence-electron chi connectivity index (χ1n) is 9.84. The molecule has 0 saturated heterocycles. The van der Waals surface area contributed by atoms with Gasteiger partial charge in [-0.1, -0.05) is 42.5 Å². The Labute approximate surface area is 181 Å². The first-order chi connectivity index (χ1) is 14.8. The zero-order chi connectivity index (χ0) is 22.3. The second-order valence-corrected chi connectivity index (χ2v) is 8.71. The number of hydrogen-bond acceptors (Lipinski definition) is 5. The van der Waals surface area contributed by atoms with Crippen LogP contribution in [0.15, 0.2) is 71.6 Å². The van der Waals surface area contributed by atoms with Crippen molar-refractivity contribution in [2.45, 2.75) is 18.2 Å². The number of rotatable bonds is 10. The van der Waals surface area contributed by atoms with Crippen LogP contribution < -0.4 is 14.8 Å². The average Bonchev–Trinajstić information content (AvgIpc) is 2.76. The van der Waals surface area contributed by atoms with Crippen LogP contribution in [0.25, 0.3) is 10.8 Å². The third-order valence-corrected chi connectivity index (χ3v) is 6.07. The number of amides is 1. The highest BCUT2D eigenvalue weighted by atomic mass is 32.2. The van der Waals surface area contributed by atoms with Crippen LogP contribution in [0, 0.1) is 0 Å². The summed E-state index contributed by atoms with van der Waals surface area (Å²) in [5.74, 6) is 0.207. The van der Waals surface area contributed by atoms with E-state index in [9.17, 15) is 18.0 Å². The second-order valence-electron chi connectivity index (χ2n) is 6.94. The third kappa shape index (κ3) is 6.37. The van der Waals surface area contributed by atoms with Crippen molar-refractivity contribution >= 4 is 32.5 Å².